The molecule has 0 unspecified atom stereocenters. The number of aryl methyl sites for hydroxylation is 1. The Morgan fingerprint density at radius 1 is 1.07 bits per heavy atom. The molecule has 8 heteroatoms. The van der Waals surface area contributed by atoms with E-state index in [-0.39, 0.29) is 12.3 Å². The monoisotopic (exact) mass is 388 g/mol. The van der Waals surface area contributed by atoms with Gasteiger partial charge >= 0.3 is 0 Å². The van der Waals surface area contributed by atoms with E-state index in [0.717, 1.165) is 23.2 Å². The van der Waals surface area contributed by atoms with Crippen molar-refractivity contribution in [3.8, 4) is 11.4 Å². The number of hydrogen-bond donors (Lipinski definition) is 1. The van der Waals surface area contributed by atoms with E-state index in [0.29, 0.717) is 24.7 Å². The second kappa shape index (κ2) is 8.92. The van der Waals surface area contributed by atoms with Crippen molar-refractivity contribution in [2.45, 2.75) is 25.9 Å². The second-order valence-corrected chi connectivity index (χ2v) is 6.55. The van der Waals surface area contributed by atoms with Gasteiger partial charge in [-0.05, 0) is 29.3 Å². The second-order valence-electron chi connectivity index (χ2n) is 6.55. The minimum atomic E-state index is -0.0632. The van der Waals surface area contributed by atoms with Gasteiger partial charge in [0.1, 0.15) is 0 Å². The number of aromatic nitrogens is 5. The van der Waals surface area contributed by atoms with Gasteiger partial charge in [0.2, 0.25) is 17.6 Å². The van der Waals surface area contributed by atoms with E-state index in [2.05, 4.69) is 25.5 Å². The highest BCUT2D eigenvalue weighted by Gasteiger charge is 2.10. The van der Waals surface area contributed by atoms with Crippen LogP contribution >= 0.6 is 0 Å². The number of hydrogen-bond acceptors (Lipinski definition) is 6. The number of nitrogens with one attached hydrogen (secondary N) is 1. The fourth-order valence-electron chi connectivity index (χ4n) is 2.82. The van der Waals surface area contributed by atoms with Gasteiger partial charge in [-0.2, -0.15) is 10.1 Å². The average Bonchev–Trinajstić information content (AvgIpc) is 3.45. The quantitative estimate of drug-likeness (QED) is 0.498. The third-order valence-corrected chi connectivity index (χ3v) is 4.37. The van der Waals surface area contributed by atoms with E-state index in [1.807, 2.05) is 53.3 Å². The lowest BCUT2D eigenvalue weighted by atomic mass is 10.1. The summed E-state index contributed by atoms with van der Waals surface area (Å²) in [5, 5.41) is 11.0. The highest BCUT2D eigenvalue weighted by atomic mass is 16.5. The fraction of sp³-hybridized carbons (Fsp3) is 0.190. The zero-order valence-electron chi connectivity index (χ0n) is 15.7. The molecule has 1 aromatic carbocycles. The van der Waals surface area contributed by atoms with Crippen LogP contribution in [0, 0.1) is 0 Å². The molecular formula is C21H20N6O2. The van der Waals surface area contributed by atoms with Crippen molar-refractivity contribution in [3.05, 3.63) is 84.3 Å². The molecule has 3 heterocycles. The Hall–Kier alpha value is -3.81. The normalized spacial score (nSPS) is 10.8. The van der Waals surface area contributed by atoms with E-state index >= 15 is 0 Å². The van der Waals surface area contributed by atoms with Gasteiger partial charge in [-0.1, -0.05) is 29.4 Å². The van der Waals surface area contributed by atoms with Crippen LogP contribution < -0.4 is 5.32 Å². The summed E-state index contributed by atoms with van der Waals surface area (Å²) in [5.41, 5.74) is 2.98. The minimum Gasteiger partial charge on any atom is -0.352 e. The molecule has 0 bridgehead atoms. The van der Waals surface area contributed by atoms with Crippen LogP contribution in [0.4, 0.5) is 0 Å². The molecule has 4 aromatic rings. The van der Waals surface area contributed by atoms with Crippen LogP contribution in [-0.2, 0) is 24.3 Å². The maximum Gasteiger partial charge on any atom is 0.227 e. The van der Waals surface area contributed by atoms with Crippen LogP contribution in [0.2, 0.25) is 0 Å². The Morgan fingerprint density at radius 2 is 1.93 bits per heavy atom. The van der Waals surface area contributed by atoms with Crippen molar-refractivity contribution in [3.63, 3.8) is 0 Å². The molecule has 1 amide bonds. The summed E-state index contributed by atoms with van der Waals surface area (Å²) in [6, 6.07) is 13.7. The molecule has 0 aliphatic rings. The summed E-state index contributed by atoms with van der Waals surface area (Å²) in [4.78, 5) is 20.5. The molecule has 0 saturated heterocycles. The van der Waals surface area contributed by atoms with Crippen LogP contribution in [0.1, 0.15) is 23.4 Å². The summed E-state index contributed by atoms with van der Waals surface area (Å²) in [6.07, 6.45) is 7.71. The highest BCUT2D eigenvalue weighted by molar-refractivity contribution is 5.76. The minimum absolute atomic E-state index is 0.0632. The van der Waals surface area contributed by atoms with Gasteiger partial charge in [0.15, 0.2) is 0 Å². The van der Waals surface area contributed by atoms with Gasteiger partial charge in [0.25, 0.3) is 0 Å². The highest BCUT2D eigenvalue weighted by Crippen LogP contribution is 2.14. The zero-order valence-corrected chi connectivity index (χ0v) is 15.7. The van der Waals surface area contributed by atoms with Gasteiger partial charge in [0, 0.05) is 49.7 Å². The first-order valence-corrected chi connectivity index (χ1v) is 9.31. The van der Waals surface area contributed by atoms with Crippen molar-refractivity contribution in [2.75, 3.05) is 0 Å². The third kappa shape index (κ3) is 5.13. The van der Waals surface area contributed by atoms with Crippen molar-refractivity contribution in [1.82, 2.24) is 30.2 Å². The summed E-state index contributed by atoms with van der Waals surface area (Å²) in [6.45, 7) is 1.20. The molecule has 8 nitrogen and oxygen atoms in total. The third-order valence-electron chi connectivity index (χ3n) is 4.37. The lowest BCUT2D eigenvalue weighted by molar-refractivity contribution is -0.121. The van der Waals surface area contributed by atoms with Gasteiger partial charge in [-0.25, -0.2) is 0 Å². The molecule has 0 atom stereocenters. The number of carbonyl (C=O) groups excluding carboxylic acids is 1. The molecule has 4 rings (SSSR count). The van der Waals surface area contributed by atoms with Crippen LogP contribution in [0.15, 0.2) is 71.8 Å². The standard InChI is InChI=1S/C21H20N6O2/c28-19(8-9-20-25-21(26-29-20)18-3-1-10-22-14-18)23-13-16-4-6-17(7-5-16)15-27-12-2-11-24-27/h1-7,10-12,14H,8-9,13,15H2,(H,23,28). The Kier molecular flexibility index (Phi) is 5.70. The molecule has 0 radical (unpaired) electrons. The van der Waals surface area contributed by atoms with Crippen molar-refractivity contribution < 1.29 is 9.32 Å². The summed E-state index contributed by atoms with van der Waals surface area (Å²) >= 11 is 0. The van der Waals surface area contributed by atoms with Crippen LogP contribution in [-0.4, -0.2) is 30.8 Å². The first-order chi connectivity index (χ1) is 14.3. The predicted octanol–water partition coefficient (Wildman–Crippen LogP) is 2.63. The number of amides is 1. The number of nitrogens with zero attached hydrogens (tertiary/aromatic N) is 5. The topological polar surface area (TPSA) is 98.7 Å². The Bertz CT molecular complexity index is 1040. The van der Waals surface area contributed by atoms with Crippen LogP contribution in [0.3, 0.4) is 0 Å². The zero-order chi connectivity index (χ0) is 19.9. The summed E-state index contributed by atoms with van der Waals surface area (Å²) in [5.74, 6) is 0.845. The van der Waals surface area contributed by atoms with E-state index in [9.17, 15) is 4.79 Å². The Morgan fingerprint density at radius 3 is 2.69 bits per heavy atom. The maximum atomic E-state index is 12.1. The van der Waals surface area contributed by atoms with Crippen molar-refractivity contribution in [1.29, 1.82) is 0 Å². The first-order valence-electron chi connectivity index (χ1n) is 9.31. The molecule has 1 N–H and O–H groups in total. The Labute approximate surface area is 167 Å². The summed E-state index contributed by atoms with van der Waals surface area (Å²) in [7, 11) is 0. The molecule has 0 aliphatic heterocycles. The molecule has 146 valence electrons. The summed E-state index contributed by atoms with van der Waals surface area (Å²) < 4.78 is 7.08. The fourth-order valence-corrected chi connectivity index (χ4v) is 2.82. The maximum absolute atomic E-state index is 12.1. The molecule has 0 saturated carbocycles. The van der Waals surface area contributed by atoms with E-state index < -0.39 is 0 Å². The van der Waals surface area contributed by atoms with Crippen molar-refractivity contribution >= 4 is 5.91 Å². The van der Waals surface area contributed by atoms with Gasteiger partial charge in [-0.15, -0.1) is 0 Å². The van der Waals surface area contributed by atoms with E-state index in [4.69, 9.17) is 4.52 Å². The van der Waals surface area contributed by atoms with E-state index in [1.54, 1.807) is 18.6 Å². The van der Waals surface area contributed by atoms with Crippen LogP contribution in [0.5, 0.6) is 0 Å². The lowest BCUT2D eigenvalue weighted by Gasteiger charge is -2.06. The molecule has 3 aromatic heterocycles. The molecular weight excluding hydrogens is 368 g/mol. The van der Waals surface area contributed by atoms with E-state index in [1.165, 1.54) is 0 Å². The van der Waals surface area contributed by atoms with Gasteiger partial charge < -0.3 is 9.84 Å². The largest absolute Gasteiger partial charge is 0.352 e. The van der Waals surface area contributed by atoms with Gasteiger partial charge in [0.05, 0.1) is 6.54 Å². The number of carbonyl (C=O) groups is 1. The lowest BCUT2D eigenvalue weighted by Crippen LogP contribution is -2.23. The SMILES string of the molecule is O=C(CCc1nc(-c2cccnc2)no1)NCc1ccc(Cn2cccn2)cc1. The predicted molar refractivity (Wildman–Crippen MR) is 105 cm³/mol. The van der Waals surface area contributed by atoms with Crippen molar-refractivity contribution in [2.24, 2.45) is 0 Å². The molecule has 0 spiro atoms. The first kappa shape index (κ1) is 18.5. The Balaban J connectivity index is 1.22. The molecule has 29 heavy (non-hydrogen) atoms. The molecule has 0 fully saturated rings. The molecule has 0 aliphatic carbocycles. The number of rotatable bonds is 8. The average molecular weight is 388 g/mol. The van der Waals surface area contributed by atoms with Gasteiger partial charge in [-0.3, -0.25) is 14.5 Å². The smallest absolute Gasteiger partial charge is 0.227 e. The van der Waals surface area contributed by atoms with Crippen LogP contribution in [0.25, 0.3) is 11.4 Å². The number of benzene rings is 1. The number of pyridine rings is 1.